The molecule has 0 aliphatic carbocycles. The number of methoxy groups -OCH3 is 2. The highest BCUT2D eigenvalue weighted by atomic mass is 16.5. The largest absolute Gasteiger partial charge is 0.493 e. The second-order valence-electron chi connectivity index (χ2n) is 7.78. The van der Waals surface area contributed by atoms with Crippen LogP contribution in [0.2, 0.25) is 0 Å². The normalized spacial score (nSPS) is 19.7. The SMILES string of the molecule is COc1ccc(CCN2CC(C(=O)NCCCN3CCOCC3)CC2=O)cc1OC. The van der Waals surface area contributed by atoms with Crippen LogP contribution >= 0.6 is 0 Å². The number of nitrogens with one attached hydrogen (secondary N) is 1. The molecule has 0 saturated carbocycles. The third kappa shape index (κ3) is 6.09. The molecule has 0 radical (unpaired) electrons. The highest BCUT2D eigenvalue weighted by molar-refractivity contribution is 5.89. The maximum Gasteiger partial charge on any atom is 0.225 e. The average Bonchev–Trinajstić information content (AvgIpc) is 3.16. The molecule has 8 nitrogen and oxygen atoms in total. The highest BCUT2D eigenvalue weighted by Crippen LogP contribution is 2.28. The van der Waals surface area contributed by atoms with Gasteiger partial charge < -0.3 is 24.4 Å². The summed E-state index contributed by atoms with van der Waals surface area (Å²) in [4.78, 5) is 29.0. The molecule has 2 aliphatic heterocycles. The van der Waals surface area contributed by atoms with Gasteiger partial charge in [-0.05, 0) is 37.1 Å². The van der Waals surface area contributed by atoms with E-state index < -0.39 is 0 Å². The molecule has 30 heavy (non-hydrogen) atoms. The molecular formula is C22H33N3O5. The van der Waals surface area contributed by atoms with Crippen LogP contribution in [0, 0.1) is 5.92 Å². The maximum atomic E-state index is 12.5. The Bertz CT molecular complexity index is 721. The summed E-state index contributed by atoms with van der Waals surface area (Å²) in [7, 11) is 3.21. The molecule has 8 heteroatoms. The molecule has 2 aliphatic rings. The van der Waals surface area contributed by atoms with Gasteiger partial charge in [0.2, 0.25) is 11.8 Å². The van der Waals surface area contributed by atoms with Crippen molar-refractivity contribution in [3.8, 4) is 11.5 Å². The van der Waals surface area contributed by atoms with E-state index in [1.807, 2.05) is 18.2 Å². The van der Waals surface area contributed by atoms with Crippen LogP contribution in [0.3, 0.4) is 0 Å². The molecule has 0 bridgehead atoms. The lowest BCUT2D eigenvalue weighted by molar-refractivity contribution is -0.129. The minimum absolute atomic E-state index is 0.0149. The molecule has 2 amide bonds. The van der Waals surface area contributed by atoms with Crippen LogP contribution in [0.25, 0.3) is 0 Å². The number of hydrogen-bond acceptors (Lipinski definition) is 6. The Hall–Kier alpha value is -2.32. The first-order valence-corrected chi connectivity index (χ1v) is 10.7. The fourth-order valence-electron chi connectivity index (χ4n) is 3.95. The number of hydrogen-bond donors (Lipinski definition) is 1. The lowest BCUT2D eigenvalue weighted by Gasteiger charge is -2.26. The number of likely N-dealkylation sites (tertiary alicyclic amines) is 1. The monoisotopic (exact) mass is 419 g/mol. The summed E-state index contributed by atoms with van der Waals surface area (Å²) in [5, 5.41) is 3.00. The van der Waals surface area contributed by atoms with Crippen molar-refractivity contribution in [2.75, 3.05) is 66.7 Å². The van der Waals surface area contributed by atoms with Crippen LogP contribution in [0.4, 0.5) is 0 Å². The van der Waals surface area contributed by atoms with Crippen molar-refractivity contribution in [2.24, 2.45) is 5.92 Å². The van der Waals surface area contributed by atoms with Crippen molar-refractivity contribution in [1.82, 2.24) is 15.1 Å². The summed E-state index contributed by atoms with van der Waals surface area (Å²) in [6.45, 7) is 6.18. The number of amides is 2. The molecule has 1 atom stereocenters. The van der Waals surface area contributed by atoms with Crippen molar-refractivity contribution >= 4 is 11.8 Å². The van der Waals surface area contributed by atoms with E-state index in [9.17, 15) is 9.59 Å². The Balaban J connectivity index is 1.39. The van der Waals surface area contributed by atoms with Gasteiger partial charge in [0, 0.05) is 39.1 Å². The van der Waals surface area contributed by atoms with Gasteiger partial charge in [0.1, 0.15) is 0 Å². The molecule has 1 aromatic rings. The van der Waals surface area contributed by atoms with Crippen molar-refractivity contribution in [2.45, 2.75) is 19.3 Å². The minimum Gasteiger partial charge on any atom is -0.493 e. The van der Waals surface area contributed by atoms with E-state index in [0.29, 0.717) is 44.0 Å². The van der Waals surface area contributed by atoms with Gasteiger partial charge in [-0.3, -0.25) is 14.5 Å². The molecule has 1 N–H and O–H groups in total. The van der Waals surface area contributed by atoms with E-state index in [1.54, 1.807) is 19.1 Å². The first kappa shape index (κ1) is 22.4. The van der Waals surface area contributed by atoms with Crippen molar-refractivity contribution < 1.29 is 23.8 Å². The first-order valence-electron chi connectivity index (χ1n) is 10.7. The molecule has 2 fully saturated rings. The summed E-state index contributed by atoms with van der Waals surface area (Å²) in [5.41, 5.74) is 1.07. The smallest absolute Gasteiger partial charge is 0.225 e. The van der Waals surface area contributed by atoms with Gasteiger partial charge in [0.25, 0.3) is 0 Å². The van der Waals surface area contributed by atoms with Crippen molar-refractivity contribution in [3.05, 3.63) is 23.8 Å². The van der Waals surface area contributed by atoms with Crippen LogP contribution in [0.1, 0.15) is 18.4 Å². The zero-order chi connectivity index (χ0) is 21.3. The number of carbonyl (C=O) groups is 2. The zero-order valence-electron chi connectivity index (χ0n) is 18.0. The zero-order valence-corrected chi connectivity index (χ0v) is 18.0. The molecule has 0 aromatic heterocycles. The topological polar surface area (TPSA) is 80.3 Å². The lowest BCUT2D eigenvalue weighted by Crippen LogP contribution is -2.39. The van der Waals surface area contributed by atoms with E-state index in [0.717, 1.165) is 44.8 Å². The van der Waals surface area contributed by atoms with Gasteiger partial charge in [-0.15, -0.1) is 0 Å². The third-order valence-corrected chi connectivity index (χ3v) is 5.76. The van der Waals surface area contributed by atoms with Crippen molar-refractivity contribution in [1.29, 1.82) is 0 Å². The highest BCUT2D eigenvalue weighted by Gasteiger charge is 2.33. The Labute approximate surface area is 178 Å². The average molecular weight is 420 g/mol. The number of ether oxygens (including phenoxy) is 3. The predicted octanol–water partition coefficient (Wildman–Crippen LogP) is 0.933. The van der Waals surface area contributed by atoms with Crippen molar-refractivity contribution in [3.63, 3.8) is 0 Å². The quantitative estimate of drug-likeness (QED) is 0.569. The number of morpholine rings is 1. The Morgan fingerprint density at radius 1 is 1.17 bits per heavy atom. The molecule has 1 unspecified atom stereocenters. The van der Waals surface area contributed by atoms with Crippen LogP contribution < -0.4 is 14.8 Å². The number of carbonyl (C=O) groups excluding carboxylic acids is 2. The van der Waals surface area contributed by atoms with E-state index in [2.05, 4.69) is 10.2 Å². The number of benzene rings is 1. The van der Waals surface area contributed by atoms with Crippen LogP contribution in [-0.4, -0.2) is 88.3 Å². The first-order chi connectivity index (χ1) is 14.6. The van der Waals surface area contributed by atoms with Gasteiger partial charge >= 0.3 is 0 Å². The summed E-state index contributed by atoms with van der Waals surface area (Å²) in [6.07, 6.45) is 1.91. The van der Waals surface area contributed by atoms with Gasteiger partial charge in [-0.1, -0.05) is 6.07 Å². The molecule has 3 rings (SSSR count). The summed E-state index contributed by atoms with van der Waals surface area (Å²) in [6, 6.07) is 5.77. The molecular weight excluding hydrogens is 386 g/mol. The Morgan fingerprint density at radius 3 is 2.67 bits per heavy atom. The van der Waals surface area contributed by atoms with E-state index in [-0.39, 0.29) is 17.7 Å². The van der Waals surface area contributed by atoms with E-state index >= 15 is 0 Å². The molecule has 1 aromatic carbocycles. The van der Waals surface area contributed by atoms with E-state index in [4.69, 9.17) is 14.2 Å². The Kier molecular flexibility index (Phi) is 8.33. The van der Waals surface area contributed by atoms with Gasteiger partial charge in [-0.2, -0.15) is 0 Å². The molecule has 166 valence electrons. The van der Waals surface area contributed by atoms with Crippen LogP contribution in [-0.2, 0) is 20.7 Å². The standard InChI is InChI=1S/C22H33N3O5/c1-28-19-5-4-17(14-20(19)29-2)6-9-25-16-18(15-21(25)26)22(27)23-7-3-8-24-10-12-30-13-11-24/h4-5,14,18H,3,6-13,15-16H2,1-2H3,(H,23,27). The Morgan fingerprint density at radius 2 is 1.93 bits per heavy atom. The molecule has 0 spiro atoms. The predicted molar refractivity (Wildman–Crippen MR) is 113 cm³/mol. The fraction of sp³-hybridized carbons (Fsp3) is 0.636. The molecule has 2 saturated heterocycles. The van der Waals surface area contributed by atoms with Gasteiger partial charge in [0.15, 0.2) is 11.5 Å². The second-order valence-corrected chi connectivity index (χ2v) is 7.78. The summed E-state index contributed by atoms with van der Waals surface area (Å²) in [5.74, 6) is 1.13. The second kappa shape index (κ2) is 11.2. The van der Waals surface area contributed by atoms with Crippen LogP contribution in [0.5, 0.6) is 11.5 Å². The summed E-state index contributed by atoms with van der Waals surface area (Å²) >= 11 is 0. The van der Waals surface area contributed by atoms with Gasteiger partial charge in [-0.25, -0.2) is 0 Å². The minimum atomic E-state index is -0.258. The maximum absolute atomic E-state index is 12.5. The lowest BCUT2D eigenvalue weighted by atomic mass is 10.1. The van der Waals surface area contributed by atoms with E-state index in [1.165, 1.54) is 0 Å². The van der Waals surface area contributed by atoms with Gasteiger partial charge in [0.05, 0.1) is 33.4 Å². The summed E-state index contributed by atoms with van der Waals surface area (Å²) < 4.78 is 15.9. The molecule has 2 heterocycles. The number of nitrogens with zero attached hydrogens (tertiary/aromatic N) is 2. The van der Waals surface area contributed by atoms with Crippen LogP contribution in [0.15, 0.2) is 18.2 Å². The third-order valence-electron chi connectivity index (χ3n) is 5.76. The fourth-order valence-corrected chi connectivity index (χ4v) is 3.95. The number of rotatable bonds is 10.